The van der Waals surface area contributed by atoms with E-state index in [0.717, 1.165) is 66.9 Å². The molecule has 0 aliphatic carbocycles. The summed E-state index contributed by atoms with van der Waals surface area (Å²) < 4.78 is 26.8. The maximum absolute atomic E-state index is 13.0. The van der Waals surface area contributed by atoms with Crippen LogP contribution in [-0.4, -0.2) is 37.7 Å². The Labute approximate surface area is 331 Å². The summed E-state index contributed by atoms with van der Waals surface area (Å²) in [5, 5.41) is 17.7. The first-order chi connectivity index (χ1) is 27.6. The molecule has 0 radical (unpaired) electrons. The highest BCUT2D eigenvalue weighted by molar-refractivity contribution is 7.40. The summed E-state index contributed by atoms with van der Waals surface area (Å²) in [4.78, 5) is 28.5. The highest BCUT2D eigenvalue weighted by Crippen LogP contribution is 2.58. The molecule has 57 heavy (non-hydrogen) atoms. The van der Waals surface area contributed by atoms with Gasteiger partial charge in [0.15, 0.2) is 12.0 Å². The number of aryl methyl sites for hydroxylation is 1. The number of para-hydroxylation sites is 1. The highest BCUT2D eigenvalue weighted by atomic mass is 31.2. The van der Waals surface area contributed by atoms with Gasteiger partial charge in [-0.05, 0) is 53.6 Å². The number of aliphatic hydroxyl groups excluding tert-OH is 1. The lowest BCUT2D eigenvalue weighted by Gasteiger charge is -2.26. The van der Waals surface area contributed by atoms with Gasteiger partial charge in [0.2, 0.25) is 11.8 Å². The number of benzene rings is 4. The van der Waals surface area contributed by atoms with E-state index in [9.17, 15) is 14.8 Å². The van der Waals surface area contributed by atoms with Crippen LogP contribution in [0.2, 0.25) is 0 Å². The number of nitrogens with one attached hydrogen (secondary N) is 2. The predicted octanol–water partition coefficient (Wildman–Crippen LogP) is 9.37. The summed E-state index contributed by atoms with van der Waals surface area (Å²) >= 11 is 0. The summed E-state index contributed by atoms with van der Waals surface area (Å²) in [6.45, 7) is 9.80. The van der Waals surface area contributed by atoms with E-state index >= 15 is 0 Å². The van der Waals surface area contributed by atoms with E-state index in [1.165, 1.54) is 0 Å². The number of hydrogen-bond acceptors (Lipinski definition) is 9. The van der Waals surface area contributed by atoms with Crippen molar-refractivity contribution < 1.29 is 33.0 Å². The van der Waals surface area contributed by atoms with Crippen LogP contribution in [0.5, 0.6) is 5.75 Å². The Hall–Kier alpha value is -5.71. The molecule has 1 spiro atoms. The smallest absolute Gasteiger partial charge is 0.331 e. The number of aromatic nitrogens is 2. The molecule has 9 rings (SSSR count). The molecular formula is C45H43N4O7P. The topological polar surface area (TPSA) is 140 Å². The van der Waals surface area contributed by atoms with Gasteiger partial charge in [0, 0.05) is 46.0 Å². The number of rotatable bonds is 12. The zero-order chi connectivity index (χ0) is 39.4. The molecule has 0 fully saturated rings. The van der Waals surface area contributed by atoms with Gasteiger partial charge in [0.25, 0.3) is 0 Å². The number of hydrogen-bond donors (Lipinski definition) is 4. The lowest BCUT2D eigenvalue weighted by molar-refractivity contribution is -0.122. The Morgan fingerprint density at radius 1 is 1.02 bits per heavy atom. The number of ether oxygens (including phenoxy) is 1. The first kappa shape index (κ1) is 36.9. The first-order valence-electron chi connectivity index (χ1n) is 19.0. The zero-order valence-corrected chi connectivity index (χ0v) is 32.8. The van der Waals surface area contributed by atoms with Gasteiger partial charge < -0.3 is 38.9 Å². The van der Waals surface area contributed by atoms with Crippen molar-refractivity contribution in [3.05, 3.63) is 144 Å². The number of anilines is 1. The summed E-state index contributed by atoms with van der Waals surface area (Å²) in [5.41, 5.74) is 8.73. The number of carbonyl (C=O) groups excluding carboxylic acids is 1. The van der Waals surface area contributed by atoms with Gasteiger partial charge in [-0.2, -0.15) is 0 Å². The molecule has 5 heterocycles. The van der Waals surface area contributed by atoms with Crippen LogP contribution in [0.25, 0.3) is 38.9 Å². The zero-order valence-electron chi connectivity index (χ0n) is 31.9. The van der Waals surface area contributed by atoms with Crippen LogP contribution in [0, 0.1) is 5.92 Å². The molecule has 0 saturated carbocycles. The monoisotopic (exact) mass is 782 g/mol. The van der Waals surface area contributed by atoms with Crippen LogP contribution in [0.1, 0.15) is 55.3 Å². The molecule has 1 amide bonds. The number of nitrogens with zero attached hydrogens (tertiary/aromatic N) is 2. The summed E-state index contributed by atoms with van der Waals surface area (Å²) in [6, 6.07) is 27.8. The Balaban J connectivity index is 1.09. The number of aliphatic hydroxyl groups is 1. The van der Waals surface area contributed by atoms with Gasteiger partial charge in [-0.25, -0.2) is 4.98 Å². The Morgan fingerprint density at radius 2 is 1.82 bits per heavy atom. The number of fused-ring (bicyclic) bond motifs is 5. The Morgan fingerprint density at radius 3 is 2.63 bits per heavy atom. The second-order valence-corrected chi connectivity index (χ2v) is 16.2. The summed E-state index contributed by atoms with van der Waals surface area (Å²) in [7, 11) is -2.15. The molecule has 4 unspecified atom stereocenters. The van der Waals surface area contributed by atoms with Gasteiger partial charge in [-0.15, -0.1) is 0 Å². The van der Waals surface area contributed by atoms with E-state index < -0.39 is 26.3 Å². The van der Waals surface area contributed by atoms with Crippen LogP contribution in [0.15, 0.2) is 120 Å². The standard InChI is InChI=1S/C45H43N4O7P/c1-26(2)41(28(4)50)47-39(51)19-17-29-16-18-37-35(20-29)45-21-27(3)43-46-22-38(55-43)33-23-49(25-54-57(52)53-24-30-10-6-5-7-11-30)36-15-9-12-31(40(33)36)32-13-8-14-34(45)42(32)48-44(45)56-37/h5-16,18,20-23,26,41,44,48,50,52H,4,17,19,24-25H2,1-3H3,(H,47,51)/b27-21-. The minimum Gasteiger partial charge on any atom is -0.511 e. The van der Waals surface area contributed by atoms with Crippen molar-refractivity contribution in [2.24, 2.45) is 5.92 Å². The quantitative estimate of drug-likeness (QED) is 0.0706. The van der Waals surface area contributed by atoms with Crippen molar-refractivity contribution in [2.75, 3.05) is 5.32 Å². The van der Waals surface area contributed by atoms with Gasteiger partial charge in [0.1, 0.15) is 23.7 Å². The van der Waals surface area contributed by atoms with Crippen LogP contribution < -0.4 is 15.4 Å². The maximum atomic E-state index is 13.0. The van der Waals surface area contributed by atoms with E-state index in [1.807, 2.05) is 86.1 Å². The first-order valence-corrected chi connectivity index (χ1v) is 20.2. The molecular weight excluding hydrogens is 739 g/mol. The van der Waals surface area contributed by atoms with Crippen molar-refractivity contribution in [2.45, 2.75) is 64.6 Å². The van der Waals surface area contributed by atoms with E-state index in [-0.39, 0.29) is 37.3 Å². The van der Waals surface area contributed by atoms with Gasteiger partial charge in [-0.3, -0.25) is 9.32 Å². The van der Waals surface area contributed by atoms with E-state index in [0.29, 0.717) is 18.1 Å². The molecule has 3 aliphatic rings. The fourth-order valence-corrected chi connectivity index (χ4v) is 8.99. The number of carbonyl (C=O) groups is 1. The minimum absolute atomic E-state index is 0.00741. The number of allylic oxidation sites excluding steroid dienone is 1. The average Bonchev–Trinajstić information content (AvgIpc) is 3.98. The molecule has 290 valence electrons. The third-order valence-electron chi connectivity index (χ3n) is 11.2. The van der Waals surface area contributed by atoms with Crippen LogP contribution >= 0.6 is 8.60 Å². The van der Waals surface area contributed by atoms with Crippen molar-refractivity contribution in [1.82, 2.24) is 14.9 Å². The van der Waals surface area contributed by atoms with Crippen molar-refractivity contribution in [3.8, 4) is 28.2 Å². The van der Waals surface area contributed by atoms with Gasteiger partial charge >= 0.3 is 8.60 Å². The molecule has 12 heteroatoms. The van der Waals surface area contributed by atoms with E-state index in [4.69, 9.17) is 23.2 Å². The lowest BCUT2D eigenvalue weighted by Crippen LogP contribution is -2.39. The largest absolute Gasteiger partial charge is 0.511 e. The van der Waals surface area contributed by atoms with Crippen LogP contribution in [0.4, 0.5) is 5.69 Å². The maximum Gasteiger partial charge on any atom is 0.331 e. The van der Waals surface area contributed by atoms with Crippen molar-refractivity contribution >= 4 is 36.7 Å². The van der Waals surface area contributed by atoms with Crippen LogP contribution in [0.3, 0.4) is 0 Å². The van der Waals surface area contributed by atoms with E-state index in [2.05, 4.69) is 53.6 Å². The molecule has 4 aromatic carbocycles. The Bertz CT molecular complexity index is 2560. The summed E-state index contributed by atoms with van der Waals surface area (Å²) in [6.07, 6.45) is 6.20. The lowest BCUT2D eigenvalue weighted by atomic mass is 9.73. The molecule has 2 aromatic heterocycles. The molecule has 0 saturated heterocycles. The molecule has 4 atom stereocenters. The average molecular weight is 783 g/mol. The molecule has 11 nitrogen and oxygen atoms in total. The predicted molar refractivity (Wildman–Crippen MR) is 220 cm³/mol. The fourth-order valence-electron chi connectivity index (χ4n) is 8.43. The van der Waals surface area contributed by atoms with Crippen molar-refractivity contribution in [1.29, 1.82) is 0 Å². The molecule has 4 N–H and O–H groups in total. The number of amides is 1. The second-order valence-electron chi connectivity index (χ2n) is 15.2. The third kappa shape index (κ3) is 6.50. The third-order valence-corrected chi connectivity index (χ3v) is 11.8. The van der Waals surface area contributed by atoms with Crippen molar-refractivity contribution in [3.63, 3.8) is 0 Å². The Kier molecular flexibility index (Phi) is 9.49. The summed E-state index contributed by atoms with van der Waals surface area (Å²) in [5.74, 6) is 1.65. The van der Waals surface area contributed by atoms with Gasteiger partial charge in [0.05, 0.1) is 24.4 Å². The van der Waals surface area contributed by atoms with E-state index in [1.54, 1.807) is 6.20 Å². The second kappa shape index (κ2) is 14.7. The molecule has 3 aliphatic heterocycles. The van der Waals surface area contributed by atoms with Crippen LogP contribution in [-0.2, 0) is 39.0 Å². The minimum atomic E-state index is -2.15. The SMILES string of the molecule is C=C(O)C(NC(=O)CCc1ccc2c(c1)C13/C=C(/C)c4ncc(o4)-c4cn(COP(O)OCc5ccccc5)c5cccc(c45)-c4cccc1c4NC3O2)C(C)C. The fraction of sp³-hybridized carbons (Fsp3) is 0.244. The molecule has 6 bridgehead atoms. The molecule has 6 aromatic rings. The normalized spacial score (nSPS) is 19.3. The van der Waals surface area contributed by atoms with Gasteiger partial charge in [-0.1, -0.05) is 99.3 Å². The number of oxazole rings is 1. The highest BCUT2D eigenvalue weighted by Gasteiger charge is 2.55.